The van der Waals surface area contributed by atoms with E-state index in [1.54, 1.807) is 0 Å². The number of methoxy groups -OCH3 is 1. The van der Waals surface area contributed by atoms with Gasteiger partial charge in [0.1, 0.15) is 0 Å². The minimum absolute atomic E-state index is 0.176. The summed E-state index contributed by atoms with van der Waals surface area (Å²) in [5.41, 5.74) is 0. The molecule has 13 heavy (non-hydrogen) atoms. The number of likely N-dealkylation sites (tertiary alicyclic amines) is 1. The second-order valence-corrected chi connectivity index (χ2v) is 4.06. The van der Waals surface area contributed by atoms with Crippen LogP contribution in [0.5, 0.6) is 0 Å². The Labute approximate surface area is 80.1 Å². The lowest BCUT2D eigenvalue weighted by molar-refractivity contribution is 0.0936. The van der Waals surface area contributed by atoms with Crippen LogP contribution in [0.1, 0.15) is 26.7 Å². The number of piperidine rings is 1. The van der Waals surface area contributed by atoms with Crippen LogP contribution in [-0.4, -0.2) is 31.2 Å². The van der Waals surface area contributed by atoms with Gasteiger partial charge in [0, 0.05) is 13.1 Å². The Morgan fingerprint density at radius 3 is 2.77 bits per heavy atom. The van der Waals surface area contributed by atoms with Crippen molar-refractivity contribution >= 4 is 6.09 Å². The smallest absolute Gasteiger partial charge is 0.409 e. The fourth-order valence-corrected chi connectivity index (χ4v) is 1.85. The number of hydrogen-bond donors (Lipinski definition) is 0. The standard InChI is InChI=1S/C10H19NO2/c1-8(2)9-5-4-6-11(7-9)10(12)13-3/h8-9H,4-7H2,1-3H3. The van der Waals surface area contributed by atoms with Crippen molar-refractivity contribution in [2.75, 3.05) is 20.2 Å². The van der Waals surface area contributed by atoms with Gasteiger partial charge in [-0.05, 0) is 24.7 Å². The van der Waals surface area contributed by atoms with Gasteiger partial charge in [0.05, 0.1) is 7.11 Å². The lowest BCUT2D eigenvalue weighted by Crippen LogP contribution is -2.41. The highest BCUT2D eigenvalue weighted by Gasteiger charge is 2.25. The SMILES string of the molecule is COC(=O)N1CCCC(C(C)C)C1. The summed E-state index contributed by atoms with van der Waals surface area (Å²) in [6.45, 7) is 6.15. The molecule has 0 aromatic heterocycles. The molecule has 1 aliphatic heterocycles. The number of hydrogen-bond acceptors (Lipinski definition) is 2. The first kappa shape index (κ1) is 10.4. The summed E-state index contributed by atoms with van der Waals surface area (Å²) in [7, 11) is 1.45. The zero-order valence-corrected chi connectivity index (χ0v) is 8.75. The molecule has 3 nitrogen and oxygen atoms in total. The predicted octanol–water partition coefficient (Wildman–Crippen LogP) is 2.12. The van der Waals surface area contributed by atoms with Gasteiger partial charge in [-0.25, -0.2) is 4.79 Å². The molecule has 1 atom stereocenters. The number of nitrogens with zero attached hydrogens (tertiary/aromatic N) is 1. The van der Waals surface area contributed by atoms with Gasteiger partial charge < -0.3 is 9.64 Å². The molecule has 1 fully saturated rings. The van der Waals surface area contributed by atoms with Gasteiger partial charge in [-0.1, -0.05) is 13.8 Å². The molecule has 1 unspecified atom stereocenters. The van der Waals surface area contributed by atoms with E-state index in [0.717, 1.165) is 19.5 Å². The number of amides is 1. The quantitative estimate of drug-likeness (QED) is 0.626. The van der Waals surface area contributed by atoms with Gasteiger partial charge in [0.25, 0.3) is 0 Å². The maximum atomic E-state index is 11.2. The molecule has 0 radical (unpaired) electrons. The van der Waals surface area contributed by atoms with Crippen molar-refractivity contribution < 1.29 is 9.53 Å². The number of rotatable bonds is 1. The highest BCUT2D eigenvalue weighted by Crippen LogP contribution is 2.23. The lowest BCUT2D eigenvalue weighted by Gasteiger charge is -2.33. The molecule has 76 valence electrons. The Morgan fingerprint density at radius 1 is 1.54 bits per heavy atom. The summed E-state index contributed by atoms with van der Waals surface area (Å²) >= 11 is 0. The first-order valence-corrected chi connectivity index (χ1v) is 4.98. The molecule has 1 amide bonds. The van der Waals surface area contributed by atoms with Gasteiger partial charge in [-0.3, -0.25) is 0 Å². The van der Waals surface area contributed by atoms with Gasteiger partial charge in [0.15, 0.2) is 0 Å². The van der Waals surface area contributed by atoms with Crippen LogP contribution in [0.4, 0.5) is 4.79 Å². The Hall–Kier alpha value is -0.730. The van der Waals surface area contributed by atoms with Crippen LogP contribution in [-0.2, 0) is 4.74 Å². The van der Waals surface area contributed by atoms with Crippen molar-refractivity contribution in [1.29, 1.82) is 0 Å². The van der Waals surface area contributed by atoms with Crippen molar-refractivity contribution in [2.24, 2.45) is 11.8 Å². The van der Waals surface area contributed by atoms with E-state index < -0.39 is 0 Å². The largest absolute Gasteiger partial charge is 0.453 e. The van der Waals surface area contributed by atoms with Crippen molar-refractivity contribution in [2.45, 2.75) is 26.7 Å². The van der Waals surface area contributed by atoms with Gasteiger partial charge in [-0.15, -0.1) is 0 Å². The average Bonchev–Trinajstić information content (AvgIpc) is 2.17. The van der Waals surface area contributed by atoms with Gasteiger partial charge in [0.2, 0.25) is 0 Å². The first-order valence-electron chi connectivity index (χ1n) is 4.98. The molecular weight excluding hydrogens is 166 g/mol. The van der Waals surface area contributed by atoms with Crippen molar-refractivity contribution in [3.63, 3.8) is 0 Å². The van der Waals surface area contributed by atoms with E-state index in [1.165, 1.54) is 13.5 Å². The predicted molar refractivity (Wildman–Crippen MR) is 51.5 cm³/mol. The van der Waals surface area contributed by atoms with E-state index in [2.05, 4.69) is 13.8 Å². The monoisotopic (exact) mass is 185 g/mol. The van der Waals surface area contributed by atoms with Crippen LogP contribution in [0, 0.1) is 11.8 Å². The zero-order chi connectivity index (χ0) is 9.84. The topological polar surface area (TPSA) is 29.5 Å². The molecule has 0 aliphatic carbocycles. The number of carbonyl (C=O) groups excluding carboxylic acids is 1. The molecule has 0 aromatic carbocycles. The third-order valence-corrected chi connectivity index (χ3v) is 2.83. The molecule has 0 bridgehead atoms. The van der Waals surface area contributed by atoms with Crippen LogP contribution in [0.15, 0.2) is 0 Å². The third-order valence-electron chi connectivity index (χ3n) is 2.83. The maximum absolute atomic E-state index is 11.2. The van der Waals surface area contributed by atoms with Crippen molar-refractivity contribution in [1.82, 2.24) is 4.90 Å². The van der Waals surface area contributed by atoms with E-state index in [0.29, 0.717) is 11.8 Å². The Kier molecular flexibility index (Phi) is 3.58. The van der Waals surface area contributed by atoms with E-state index in [-0.39, 0.29) is 6.09 Å². The molecule has 3 heteroatoms. The maximum Gasteiger partial charge on any atom is 0.409 e. The molecule has 1 aliphatic rings. The van der Waals surface area contributed by atoms with Crippen LogP contribution in [0.25, 0.3) is 0 Å². The Balaban J connectivity index is 2.46. The fraction of sp³-hybridized carbons (Fsp3) is 0.900. The molecule has 0 N–H and O–H groups in total. The Morgan fingerprint density at radius 2 is 2.23 bits per heavy atom. The summed E-state index contributed by atoms with van der Waals surface area (Å²) in [4.78, 5) is 13.1. The Bertz CT molecular complexity index is 180. The third kappa shape index (κ3) is 2.61. The second-order valence-electron chi connectivity index (χ2n) is 4.06. The second kappa shape index (κ2) is 4.49. The minimum Gasteiger partial charge on any atom is -0.453 e. The molecule has 1 saturated heterocycles. The average molecular weight is 185 g/mol. The van der Waals surface area contributed by atoms with Crippen LogP contribution in [0.2, 0.25) is 0 Å². The van der Waals surface area contributed by atoms with Crippen molar-refractivity contribution in [3.8, 4) is 0 Å². The summed E-state index contributed by atoms with van der Waals surface area (Å²) in [6.07, 6.45) is 2.17. The van der Waals surface area contributed by atoms with Crippen molar-refractivity contribution in [3.05, 3.63) is 0 Å². The summed E-state index contributed by atoms with van der Waals surface area (Å²) in [6, 6.07) is 0. The fourth-order valence-electron chi connectivity index (χ4n) is 1.85. The summed E-state index contributed by atoms with van der Waals surface area (Å²) < 4.78 is 4.70. The minimum atomic E-state index is -0.176. The molecular formula is C10H19NO2. The van der Waals surface area contributed by atoms with E-state index >= 15 is 0 Å². The number of carbonyl (C=O) groups is 1. The van der Waals surface area contributed by atoms with Gasteiger partial charge in [-0.2, -0.15) is 0 Å². The number of ether oxygens (including phenoxy) is 1. The van der Waals surface area contributed by atoms with E-state index in [9.17, 15) is 4.79 Å². The van der Waals surface area contributed by atoms with Crippen LogP contribution >= 0.6 is 0 Å². The molecule has 0 aromatic rings. The first-order chi connectivity index (χ1) is 6.15. The molecule has 0 spiro atoms. The normalized spacial score (nSPS) is 23.4. The van der Waals surface area contributed by atoms with Gasteiger partial charge >= 0.3 is 6.09 Å². The molecule has 0 saturated carbocycles. The highest BCUT2D eigenvalue weighted by atomic mass is 16.5. The lowest BCUT2D eigenvalue weighted by atomic mass is 9.88. The zero-order valence-electron chi connectivity index (χ0n) is 8.75. The van der Waals surface area contributed by atoms with Crippen LogP contribution < -0.4 is 0 Å². The van der Waals surface area contributed by atoms with E-state index in [1.807, 2.05) is 4.90 Å². The molecule has 1 rings (SSSR count). The highest BCUT2D eigenvalue weighted by molar-refractivity contribution is 5.67. The summed E-state index contributed by atoms with van der Waals surface area (Å²) in [5.74, 6) is 1.31. The van der Waals surface area contributed by atoms with E-state index in [4.69, 9.17) is 4.74 Å². The summed E-state index contributed by atoms with van der Waals surface area (Å²) in [5, 5.41) is 0. The molecule has 1 heterocycles. The van der Waals surface area contributed by atoms with Crippen LogP contribution in [0.3, 0.4) is 0 Å².